The minimum absolute atomic E-state index is 0.242. The first-order chi connectivity index (χ1) is 6.79. The average Bonchev–Trinajstić information content (AvgIpc) is 2.42. The van der Waals surface area contributed by atoms with Crippen LogP contribution in [0.15, 0.2) is 23.3 Å². The standard InChI is InChI=1S/C13H20O/c1-3-8-13(14)12-10-7-5-6-9-11(12)4-2/h3,8H,4-7,9-10H2,1-2H3. The first kappa shape index (κ1) is 11.2. The Morgan fingerprint density at radius 2 is 2.00 bits per heavy atom. The molecule has 0 heterocycles. The van der Waals surface area contributed by atoms with E-state index >= 15 is 0 Å². The van der Waals surface area contributed by atoms with Crippen LogP contribution in [0, 0.1) is 0 Å². The highest BCUT2D eigenvalue weighted by molar-refractivity contribution is 6.04. The zero-order valence-corrected chi connectivity index (χ0v) is 9.31. The predicted octanol–water partition coefficient (Wildman–Crippen LogP) is 3.80. The number of hydrogen-bond donors (Lipinski definition) is 0. The van der Waals surface area contributed by atoms with Gasteiger partial charge < -0.3 is 0 Å². The van der Waals surface area contributed by atoms with Crippen LogP contribution in [0.5, 0.6) is 0 Å². The van der Waals surface area contributed by atoms with Gasteiger partial charge in [-0.1, -0.05) is 25.0 Å². The molecule has 0 unspecified atom stereocenters. The van der Waals surface area contributed by atoms with Crippen molar-refractivity contribution in [2.75, 3.05) is 0 Å². The van der Waals surface area contributed by atoms with E-state index in [0.29, 0.717) is 0 Å². The van der Waals surface area contributed by atoms with E-state index in [-0.39, 0.29) is 5.78 Å². The van der Waals surface area contributed by atoms with Crippen LogP contribution >= 0.6 is 0 Å². The number of carbonyl (C=O) groups is 1. The Kier molecular flexibility index (Phi) is 4.64. The summed E-state index contributed by atoms with van der Waals surface area (Å²) in [4.78, 5) is 11.8. The Morgan fingerprint density at radius 1 is 1.29 bits per heavy atom. The molecule has 1 heteroatoms. The summed E-state index contributed by atoms with van der Waals surface area (Å²) < 4.78 is 0. The molecule has 1 aliphatic carbocycles. The molecule has 0 saturated heterocycles. The fraction of sp³-hybridized carbons (Fsp3) is 0.615. The molecule has 0 saturated carbocycles. The highest BCUT2D eigenvalue weighted by atomic mass is 16.1. The van der Waals surface area contributed by atoms with Gasteiger partial charge in [0.15, 0.2) is 5.78 Å². The van der Waals surface area contributed by atoms with E-state index < -0.39 is 0 Å². The number of allylic oxidation sites excluding steroid dienone is 4. The summed E-state index contributed by atoms with van der Waals surface area (Å²) in [7, 11) is 0. The highest BCUT2D eigenvalue weighted by Gasteiger charge is 2.14. The van der Waals surface area contributed by atoms with Gasteiger partial charge in [0.2, 0.25) is 0 Å². The first-order valence-electron chi connectivity index (χ1n) is 5.67. The van der Waals surface area contributed by atoms with Crippen molar-refractivity contribution in [2.24, 2.45) is 0 Å². The van der Waals surface area contributed by atoms with Crippen molar-refractivity contribution in [1.82, 2.24) is 0 Å². The van der Waals surface area contributed by atoms with E-state index in [9.17, 15) is 4.79 Å². The van der Waals surface area contributed by atoms with Crippen molar-refractivity contribution < 1.29 is 4.79 Å². The second-order valence-electron chi connectivity index (χ2n) is 3.86. The molecule has 0 bridgehead atoms. The van der Waals surface area contributed by atoms with Gasteiger partial charge in [0, 0.05) is 0 Å². The molecule has 78 valence electrons. The van der Waals surface area contributed by atoms with Gasteiger partial charge in [-0.3, -0.25) is 4.79 Å². The molecule has 0 N–H and O–H groups in total. The zero-order chi connectivity index (χ0) is 10.4. The Hall–Kier alpha value is -0.850. The van der Waals surface area contributed by atoms with Crippen LogP contribution < -0.4 is 0 Å². The molecule has 0 aromatic rings. The number of ketones is 1. The van der Waals surface area contributed by atoms with E-state index in [4.69, 9.17) is 0 Å². The van der Waals surface area contributed by atoms with Crippen LogP contribution in [0.3, 0.4) is 0 Å². The minimum atomic E-state index is 0.242. The molecule has 0 spiro atoms. The van der Waals surface area contributed by atoms with E-state index in [0.717, 1.165) is 24.8 Å². The van der Waals surface area contributed by atoms with Gasteiger partial charge in [0.05, 0.1) is 0 Å². The summed E-state index contributed by atoms with van der Waals surface area (Å²) in [6, 6.07) is 0. The summed E-state index contributed by atoms with van der Waals surface area (Å²) in [5.74, 6) is 0.242. The van der Waals surface area contributed by atoms with Gasteiger partial charge >= 0.3 is 0 Å². The summed E-state index contributed by atoms with van der Waals surface area (Å²) >= 11 is 0. The lowest BCUT2D eigenvalue weighted by molar-refractivity contribution is -0.111. The van der Waals surface area contributed by atoms with Crippen LogP contribution in [0.2, 0.25) is 0 Å². The van der Waals surface area contributed by atoms with Gasteiger partial charge in [-0.2, -0.15) is 0 Å². The summed E-state index contributed by atoms with van der Waals surface area (Å²) in [5, 5.41) is 0. The number of rotatable bonds is 3. The molecule has 0 radical (unpaired) electrons. The molecule has 1 nitrogen and oxygen atoms in total. The van der Waals surface area contributed by atoms with E-state index in [1.807, 2.05) is 13.0 Å². The lowest BCUT2D eigenvalue weighted by Crippen LogP contribution is -2.01. The van der Waals surface area contributed by atoms with Crippen molar-refractivity contribution in [3.05, 3.63) is 23.3 Å². The largest absolute Gasteiger partial charge is 0.290 e. The zero-order valence-electron chi connectivity index (χ0n) is 9.31. The van der Waals surface area contributed by atoms with Crippen molar-refractivity contribution in [1.29, 1.82) is 0 Å². The van der Waals surface area contributed by atoms with Crippen molar-refractivity contribution in [2.45, 2.75) is 52.4 Å². The van der Waals surface area contributed by atoms with Crippen LogP contribution in [0.4, 0.5) is 0 Å². The molecular weight excluding hydrogens is 172 g/mol. The van der Waals surface area contributed by atoms with E-state index in [1.165, 1.54) is 24.8 Å². The van der Waals surface area contributed by atoms with Crippen molar-refractivity contribution in [3.63, 3.8) is 0 Å². The van der Waals surface area contributed by atoms with Gasteiger partial charge in [-0.15, -0.1) is 0 Å². The fourth-order valence-electron chi connectivity index (χ4n) is 2.08. The monoisotopic (exact) mass is 192 g/mol. The normalized spacial score (nSPS) is 18.7. The van der Waals surface area contributed by atoms with Crippen LogP contribution in [-0.2, 0) is 4.79 Å². The highest BCUT2D eigenvalue weighted by Crippen LogP contribution is 2.26. The average molecular weight is 192 g/mol. The van der Waals surface area contributed by atoms with Gasteiger partial charge in [-0.25, -0.2) is 0 Å². The Balaban J connectivity index is 2.86. The summed E-state index contributed by atoms with van der Waals surface area (Å²) in [6.45, 7) is 4.06. The third-order valence-electron chi connectivity index (χ3n) is 2.87. The molecule has 0 aromatic heterocycles. The van der Waals surface area contributed by atoms with Crippen molar-refractivity contribution >= 4 is 5.78 Å². The summed E-state index contributed by atoms with van der Waals surface area (Å²) in [5.41, 5.74) is 2.49. The number of hydrogen-bond acceptors (Lipinski definition) is 1. The van der Waals surface area contributed by atoms with Gasteiger partial charge in [-0.05, 0) is 50.7 Å². The second kappa shape index (κ2) is 5.79. The maximum Gasteiger partial charge on any atom is 0.181 e. The van der Waals surface area contributed by atoms with Crippen LogP contribution in [0.25, 0.3) is 0 Å². The smallest absolute Gasteiger partial charge is 0.181 e. The third kappa shape index (κ3) is 2.83. The lowest BCUT2D eigenvalue weighted by atomic mass is 9.97. The van der Waals surface area contributed by atoms with Crippen LogP contribution in [-0.4, -0.2) is 5.78 Å². The molecule has 14 heavy (non-hydrogen) atoms. The van der Waals surface area contributed by atoms with Crippen LogP contribution in [0.1, 0.15) is 52.4 Å². The molecule has 0 fully saturated rings. The summed E-state index contributed by atoms with van der Waals surface area (Å²) in [6.07, 6.45) is 10.4. The molecular formula is C13H20O. The quantitative estimate of drug-likeness (QED) is 0.621. The minimum Gasteiger partial charge on any atom is -0.290 e. The van der Waals surface area contributed by atoms with E-state index in [1.54, 1.807) is 6.08 Å². The molecule has 0 amide bonds. The third-order valence-corrected chi connectivity index (χ3v) is 2.87. The Bertz CT molecular complexity index is 258. The molecule has 1 rings (SSSR count). The maximum atomic E-state index is 11.8. The second-order valence-corrected chi connectivity index (χ2v) is 3.86. The Labute approximate surface area is 86.9 Å². The first-order valence-corrected chi connectivity index (χ1v) is 5.67. The molecule has 0 aliphatic heterocycles. The molecule has 0 atom stereocenters. The van der Waals surface area contributed by atoms with E-state index in [2.05, 4.69) is 6.92 Å². The lowest BCUT2D eigenvalue weighted by Gasteiger charge is -2.07. The predicted molar refractivity (Wildman–Crippen MR) is 60.2 cm³/mol. The fourth-order valence-corrected chi connectivity index (χ4v) is 2.08. The van der Waals surface area contributed by atoms with Gasteiger partial charge in [0.1, 0.15) is 0 Å². The molecule has 1 aliphatic rings. The number of carbonyl (C=O) groups excluding carboxylic acids is 1. The van der Waals surface area contributed by atoms with Crippen molar-refractivity contribution in [3.8, 4) is 0 Å². The Morgan fingerprint density at radius 3 is 2.64 bits per heavy atom. The topological polar surface area (TPSA) is 17.1 Å². The van der Waals surface area contributed by atoms with Gasteiger partial charge in [0.25, 0.3) is 0 Å². The molecule has 0 aromatic carbocycles. The SMILES string of the molecule is CC=CC(=O)C1=C(CC)CCCCC1. The maximum absolute atomic E-state index is 11.8.